The second kappa shape index (κ2) is 7.66. The largest absolute Gasteiger partial charge is 0.462 e. The van der Waals surface area contributed by atoms with Crippen molar-refractivity contribution in [1.82, 2.24) is 19.9 Å². The SMILES string of the molecule is Cc1noc(C)c1CC(=O)N1CCN(Cc2csc(-c3ccco3)n2)CC1. The Morgan fingerprint density at radius 1 is 1.26 bits per heavy atom. The topological polar surface area (TPSA) is 75.6 Å². The van der Waals surface area contributed by atoms with Gasteiger partial charge in [-0.05, 0) is 26.0 Å². The predicted octanol–water partition coefficient (Wildman–Crippen LogP) is 2.89. The molecule has 27 heavy (non-hydrogen) atoms. The normalized spacial score (nSPS) is 15.4. The van der Waals surface area contributed by atoms with E-state index in [1.165, 1.54) is 0 Å². The first kappa shape index (κ1) is 17.9. The number of carbonyl (C=O) groups is 1. The predicted molar refractivity (Wildman–Crippen MR) is 101 cm³/mol. The van der Waals surface area contributed by atoms with Gasteiger partial charge in [0.2, 0.25) is 5.91 Å². The molecule has 0 unspecified atom stereocenters. The highest BCUT2D eigenvalue weighted by Gasteiger charge is 2.23. The summed E-state index contributed by atoms with van der Waals surface area (Å²) in [6.07, 6.45) is 2.02. The number of hydrogen-bond acceptors (Lipinski definition) is 7. The Morgan fingerprint density at radius 3 is 2.74 bits per heavy atom. The Hall–Kier alpha value is -2.45. The van der Waals surface area contributed by atoms with Gasteiger partial charge in [-0.2, -0.15) is 0 Å². The van der Waals surface area contributed by atoms with Crippen LogP contribution in [-0.2, 0) is 17.8 Å². The fourth-order valence-electron chi connectivity index (χ4n) is 3.29. The second-order valence-corrected chi connectivity index (χ2v) is 7.62. The minimum Gasteiger partial charge on any atom is -0.462 e. The summed E-state index contributed by atoms with van der Waals surface area (Å²) in [5.41, 5.74) is 2.76. The number of nitrogens with zero attached hydrogens (tertiary/aromatic N) is 4. The molecule has 0 N–H and O–H groups in total. The molecule has 0 radical (unpaired) electrons. The minimum absolute atomic E-state index is 0.137. The second-order valence-electron chi connectivity index (χ2n) is 6.76. The van der Waals surface area contributed by atoms with Crippen LogP contribution in [0.3, 0.4) is 0 Å². The smallest absolute Gasteiger partial charge is 0.227 e. The van der Waals surface area contributed by atoms with Crippen molar-refractivity contribution in [3.63, 3.8) is 0 Å². The van der Waals surface area contributed by atoms with Gasteiger partial charge in [-0.15, -0.1) is 11.3 Å². The van der Waals surface area contributed by atoms with E-state index in [0.29, 0.717) is 6.42 Å². The van der Waals surface area contributed by atoms with Gasteiger partial charge < -0.3 is 13.8 Å². The van der Waals surface area contributed by atoms with Gasteiger partial charge in [0.15, 0.2) is 10.8 Å². The van der Waals surface area contributed by atoms with Crippen molar-refractivity contribution in [2.24, 2.45) is 0 Å². The highest BCUT2D eigenvalue weighted by molar-refractivity contribution is 7.13. The first-order valence-electron chi connectivity index (χ1n) is 9.00. The molecular weight excluding hydrogens is 364 g/mol. The van der Waals surface area contributed by atoms with Crippen molar-refractivity contribution < 1.29 is 13.7 Å². The molecule has 4 rings (SSSR count). The number of aromatic nitrogens is 2. The van der Waals surface area contributed by atoms with E-state index in [9.17, 15) is 4.79 Å². The minimum atomic E-state index is 0.137. The van der Waals surface area contributed by atoms with Gasteiger partial charge in [0.05, 0.1) is 24.1 Å². The first-order valence-corrected chi connectivity index (χ1v) is 9.88. The zero-order valence-corrected chi connectivity index (χ0v) is 16.3. The molecular formula is C19H22N4O3S. The number of furan rings is 1. The van der Waals surface area contributed by atoms with Crippen LogP contribution in [0.2, 0.25) is 0 Å². The van der Waals surface area contributed by atoms with Crippen LogP contribution in [0.5, 0.6) is 0 Å². The molecule has 1 saturated heterocycles. The third kappa shape index (κ3) is 3.96. The molecule has 1 aliphatic heterocycles. The lowest BCUT2D eigenvalue weighted by molar-refractivity contribution is -0.132. The van der Waals surface area contributed by atoms with E-state index in [1.54, 1.807) is 17.6 Å². The van der Waals surface area contributed by atoms with Crippen molar-refractivity contribution in [2.75, 3.05) is 26.2 Å². The van der Waals surface area contributed by atoms with Crippen molar-refractivity contribution in [2.45, 2.75) is 26.8 Å². The van der Waals surface area contributed by atoms with Crippen LogP contribution in [-0.4, -0.2) is 52.0 Å². The van der Waals surface area contributed by atoms with E-state index in [2.05, 4.69) is 20.4 Å². The van der Waals surface area contributed by atoms with Gasteiger partial charge in [0.25, 0.3) is 0 Å². The number of carbonyl (C=O) groups excluding carboxylic acids is 1. The molecule has 0 bridgehead atoms. The van der Waals surface area contributed by atoms with Gasteiger partial charge in [0, 0.05) is 43.7 Å². The number of amides is 1. The molecule has 3 aromatic rings. The van der Waals surface area contributed by atoms with Crippen LogP contribution in [0.1, 0.15) is 22.7 Å². The zero-order valence-electron chi connectivity index (χ0n) is 15.5. The maximum Gasteiger partial charge on any atom is 0.227 e. The third-order valence-corrected chi connectivity index (χ3v) is 5.81. The van der Waals surface area contributed by atoms with E-state index < -0.39 is 0 Å². The van der Waals surface area contributed by atoms with Crippen LogP contribution >= 0.6 is 11.3 Å². The highest BCUT2D eigenvalue weighted by Crippen LogP contribution is 2.24. The summed E-state index contributed by atoms with van der Waals surface area (Å²) < 4.78 is 10.6. The standard InChI is InChI=1S/C19H22N4O3S/c1-13-16(14(2)26-21-13)10-18(24)23-7-5-22(6-8-23)11-15-12-27-19(20-15)17-4-3-9-25-17/h3-4,9,12H,5-8,10-11H2,1-2H3. The molecule has 0 aromatic carbocycles. The lowest BCUT2D eigenvalue weighted by atomic mass is 10.1. The molecule has 0 atom stereocenters. The summed E-state index contributed by atoms with van der Waals surface area (Å²) in [5, 5.41) is 6.91. The molecule has 4 heterocycles. The number of thiazole rings is 1. The van der Waals surface area contributed by atoms with Crippen molar-refractivity contribution in [3.05, 3.63) is 46.5 Å². The van der Waals surface area contributed by atoms with Gasteiger partial charge in [-0.1, -0.05) is 5.16 Å². The molecule has 0 spiro atoms. The Kier molecular flexibility index (Phi) is 5.09. The van der Waals surface area contributed by atoms with E-state index >= 15 is 0 Å². The fourth-order valence-corrected chi connectivity index (χ4v) is 4.07. The molecule has 1 amide bonds. The van der Waals surface area contributed by atoms with E-state index in [0.717, 1.165) is 66.2 Å². The Balaban J connectivity index is 1.29. The molecule has 0 saturated carbocycles. The maximum absolute atomic E-state index is 12.6. The lowest BCUT2D eigenvalue weighted by Gasteiger charge is -2.34. The molecule has 0 aliphatic carbocycles. The maximum atomic E-state index is 12.6. The third-order valence-electron chi connectivity index (χ3n) is 4.90. The number of piperazine rings is 1. The zero-order chi connectivity index (χ0) is 18.8. The van der Waals surface area contributed by atoms with Crippen molar-refractivity contribution in [1.29, 1.82) is 0 Å². The summed E-state index contributed by atoms with van der Waals surface area (Å²) in [7, 11) is 0. The lowest BCUT2D eigenvalue weighted by Crippen LogP contribution is -2.48. The molecule has 1 fully saturated rings. The molecule has 8 heteroatoms. The van der Waals surface area contributed by atoms with Crippen molar-refractivity contribution >= 4 is 17.2 Å². The van der Waals surface area contributed by atoms with Gasteiger partial charge in [0.1, 0.15) is 5.76 Å². The average Bonchev–Trinajstić information content (AvgIpc) is 3.41. The Morgan fingerprint density at radius 2 is 2.07 bits per heavy atom. The van der Waals surface area contributed by atoms with Gasteiger partial charge in [-0.3, -0.25) is 9.69 Å². The molecule has 3 aromatic heterocycles. The summed E-state index contributed by atoms with van der Waals surface area (Å²) in [6.45, 7) is 7.69. The van der Waals surface area contributed by atoms with Crippen LogP contribution in [0.25, 0.3) is 10.8 Å². The average molecular weight is 386 g/mol. The Bertz CT molecular complexity index is 888. The van der Waals surface area contributed by atoms with Crippen LogP contribution in [0, 0.1) is 13.8 Å². The number of rotatable bonds is 5. The number of hydrogen-bond donors (Lipinski definition) is 0. The van der Waals surface area contributed by atoms with E-state index in [4.69, 9.17) is 8.94 Å². The fraction of sp³-hybridized carbons (Fsp3) is 0.421. The van der Waals surface area contributed by atoms with Crippen LogP contribution < -0.4 is 0 Å². The molecule has 7 nitrogen and oxygen atoms in total. The Labute approximate surface area is 161 Å². The molecule has 1 aliphatic rings. The first-order chi connectivity index (χ1) is 13.1. The van der Waals surface area contributed by atoms with Crippen molar-refractivity contribution in [3.8, 4) is 10.8 Å². The highest BCUT2D eigenvalue weighted by atomic mass is 32.1. The summed E-state index contributed by atoms with van der Waals surface area (Å²) in [4.78, 5) is 21.5. The monoisotopic (exact) mass is 386 g/mol. The quantitative estimate of drug-likeness (QED) is 0.671. The van der Waals surface area contributed by atoms with E-state index in [-0.39, 0.29) is 5.91 Å². The summed E-state index contributed by atoms with van der Waals surface area (Å²) >= 11 is 1.60. The summed E-state index contributed by atoms with van der Waals surface area (Å²) in [6, 6.07) is 3.79. The van der Waals surface area contributed by atoms with Gasteiger partial charge in [-0.25, -0.2) is 4.98 Å². The number of aryl methyl sites for hydroxylation is 2. The summed E-state index contributed by atoms with van der Waals surface area (Å²) in [5.74, 6) is 1.68. The van der Waals surface area contributed by atoms with E-state index in [1.807, 2.05) is 30.9 Å². The molecule has 142 valence electrons. The van der Waals surface area contributed by atoms with Crippen LogP contribution in [0.4, 0.5) is 0 Å². The van der Waals surface area contributed by atoms with Gasteiger partial charge >= 0.3 is 0 Å². The van der Waals surface area contributed by atoms with Crippen LogP contribution in [0.15, 0.2) is 32.7 Å².